The molecule has 1 aromatic heterocycles. The first-order chi connectivity index (χ1) is 13.0. The third-order valence-corrected chi connectivity index (χ3v) is 4.65. The summed E-state index contributed by atoms with van der Waals surface area (Å²) in [6.45, 7) is 4.01. The summed E-state index contributed by atoms with van der Waals surface area (Å²) in [4.78, 5) is 30.5. The SMILES string of the molecule is CCCCC(c1cccnc1)N(C)C(=O)Nc1ccc(C(=O)NC)cc1C. The van der Waals surface area contributed by atoms with Crippen LogP contribution in [0.5, 0.6) is 0 Å². The number of pyridine rings is 1. The topological polar surface area (TPSA) is 74.3 Å². The van der Waals surface area contributed by atoms with Gasteiger partial charge in [0, 0.05) is 37.7 Å². The van der Waals surface area contributed by atoms with Crippen molar-refractivity contribution in [3.8, 4) is 0 Å². The molecule has 0 spiro atoms. The monoisotopic (exact) mass is 368 g/mol. The molecule has 144 valence electrons. The van der Waals surface area contributed by atoms with Crippen LogP contribution in [0.4, 0.5) is 10.5 Å². The van der Waals surface area contributed by atoms with Crippen molar-refractivity contribution in [3.63, 3.8) is 0 Å². The van der Waals surface area contributed by atoms with Gasteiger partial charge in [0.25, 0.3) is 5.91 Å². The Hall–Kier alpha value is -2.89. The Bertz CT molecular complexity index is 777. The van der Waals surface area contributed by atoms with E-state index in [1.165, 1.54) is 0 Å². The van der Waals surface area contributed by atoms with E-state index >= 15 is 0 Å². The van der Waals surface area contributed by atoms with Crippen LogP contribution in [0.1, 0.15) is 53.7 Å². The summed E-state index contributed by atoms with van der Waals surface area (Å²) in [6.07, 6.45) is 6.51. The minimum atomic E-state index is -0.184. The van der Waals surface area contributed by atoms with E-state index in [1.54, 1.807) is 43.4 Å². The molecular formula is C21H28N4O2. The second-order valence-corrected chi connectivity index (χ2v) is 6.59. The van der Waals surface area contributed by atoms with Crippen molar-refractivity contribution in [2.75, 3.05) is 19.4 Å². The van der Waals surface area contributed by atoms with Crippen LogP contribution >= 0.6 is 0 Å². The second-order valence-electron chi connectivity index (χ2n) is 6.59. The molecule has 0 saturated heterocycles. The number of carbonyl (C=O) groups excluding carboxylic acids is 2. The highest BCUT2D eigenvalue weighted by Gasteiger charge is 2.22. The molecule has 0 fully saturated rings. The first-order valence-corrected chi connectivity index (χ1v) is 9.24. The van der Waals surface area contributed by atoms with Gasteiger partial charge in [-0.15, -0.1) is 0 Å². The summed E-state index contributed by atoms with van der Waals surface area (Å²) in [6, 6.07) is 8.90. The van der Waals surface area contributed by atoms with Gasteiger partial charge in [-0.25, -0.2) is 4.79 Å². The van der Waals surface area contributed by atoms with Crippen LogP contribution in [-0.2, 0) is 0 Å². The molecule has 1 aromatic carbocycles. The lowest BCUT2D eigenvalue weighted by molar-refractivity contribution is 0.0963. The Labute approximate surface area is 161 Å². The first kappa shape index (κ1) is 20.4. The summed E-state index contributed by atoms with van der Waals surface area (Å²) in [7, 11) is 3.40. The van der Waals surface area contributed by atoms with E-state index in [0.29, 0.717) is 11.3 Å². The maximum absolute atomic E-state index is 12.8. The molecule has 0 aliphatic carbocycles. The first-order valence-electron chi connectivity index (χ1n) is 9.24. The zero-order valence-electron chi connectivity index (χ0n) is 16.5. The number of aromatic nitrogens is 1. The summed E-state index contributed by atoms with van der Waals surface area (Å²) in [5.41, 5.74) is 3.12. The largest absolute Gasteiger partial charge is 0.355 e. The maximum Gasteiger partial charge on any atom is 0.322 e. The fraction of sp³-hybridized carbons (Fsp3) is 0.381. The second kappa shape index (κ2) is 9.71. The average molecular weight is 368 g/mol. The molecule has 3 amide bonds. The van der Waals surface area contributed by atoms with Crippen molar-refractivity contribution in [3.05, 3.63) is 59.4 Å². The van der Waals surface area contributed by atoms with Crippen LogP contribution in [0.25, 0.3) is 0 Å². The van der Waals surface area contributed by atoms with E-state index in [0.717, 1.165) is 30.4 Å². The molecule has 0 aliphatic heterocycles. The highest BCUT2D eigenvalue weighted by Crippen LogP contribution is 2.26. The summed E-state index contributed by atoms with van der Waals surface area (Å²) in [5, 5.41) is 5.55. The third-order valence-electron chi connectivity index (χ3n) is 4.65. The molecule has 2 rings (SSSR count). The number of nitrogens with zero attached hydrogens (tertiary/aromatic N) is 2. The molecule has 0 aliphatic rings. The van der Waals surface area contributed by atoms with Crippen LogP contribution in [0.3, 0.4) is 0 Å². The number of unbranched alkanes of at least 4 members (excludes halogenated alkanes) is 1. The van der Waals surface area contributed by atoms with Gasteiger partial charge < -0.3 is 15.5 Å². The number of carbonyl (C=O) groups is 2. The lowest BCUT2D eigenvalue weighted by Crippen LogP contribution is -2.35. The van der Waals surface area contributed by atoms with Gasteiger partial charge in [-0.2, -0.15) is 0 Å². The van der Waals surface area contributed by atoms with Gasteiger partial charge in [0.15, 0.2) is 0 Å². The van der Waals surface area contributed by atoms with Crippen LogP contribution < -0.4 is 10.6 Å². The van der Waals surface area contributed by atoms with Crippen LogP contribution in [0.15, 0.2) is 42.7 Å². The maximum atomic E-state index is 12.8. The Morgan fingerprint density at radius 3 is 2.63 bits per heavy atom. The van der Waals surface area contributed by atoms with E-state index < -0.39 is 0 Å². The predicted molar refractivity (Wildman–Crippen MR) is 108 cm³/mol. The molecule has 2 aromatic rings. The molecule has 1 heterocycles. The molecule has 1 unspecified atom stereocenters. The standard InChI is InChI=1S/C21H28N4O2/c1-5-6-9-19(17-8-7-12-23-14-17)25(4)21(27)24-18-11-10-16(13-15(18)2)20(26)22-3/h7-8,10-14,19H,5-6,9H2,1-4H3,(H,22,26)(H,24,27). The van der Waals surface area contributed by atoms with Crippen LogP contribution in [0.2, 0.25) is 0 Å². The Morgan fingerprint density at radius 1 is 1.26 bits per heavy atom. The molecule has 2 N–H and O–H groups in total. The fourth-order valence-electron chi connectivity index (χ4n) is 2.99. The van der Waals surface area contributed by atoms with E-state index in [1.807, 2.05) is 25.3 Å². The quantitative estimate of drug-likeness (QED) is 0.771. The zero-order valence-corrected chi connectivity index (χ0v) is 16.5. The normalized spacial score (nSPS) is 11.6. The summed E-state index contributed by atoms with van der Waals surface area (Å²) >= 11 is 0. The molecule has 6 nitrogen and oxygen atoms in total. The minimum Gasteiger partial charge on any atom is -0.355 e. The number of hydrogen-bond acceptors (Lipinski definition) is 3. The van der Waals surface area contributed by atoms with Gasteiger partial charge in [0.1, 0.15) is 0 Å². The van der Waals surface area contributed by atoms with Gasteiger partial charge in [0.05, 0.1) is 6.04 Å². The number of benzene rings is 1. The number of urea groups is 1. The van der Waals surface area contributed by atoms with Crippen LogP contribution in [0, 0.1) is 6.92 Å². The Morgan fingerprint density at radius 2 is 2.04 bits per heavy atom. The van der Waals surface area contributed by atoms with Gasteiger partial charge in [-0.1, -0.05) is 25.8 Å². The fourth-order valence-corrected chi connectivity index (χ4v) is 2.99. The Balaban J connectivity index is 2.16. The summed E-state index contributed by atoms with van der Waals surface area (Å²) < 4.78 is 0. The smallest absolute Gasteiger partial charge is 0.322 e. The van der Waals surface area contributed by atoms with E-state index in [4.69, 9.17) is 0 Å². The van der Waals surface area contributed by atoms with E-state index in [-0.39, 0.29) is 18.0 Å². The van der Waals surface area contributed by atoms with Crippen molar-refractivity contribution < 1.29 is 9.59 Å². The summed E-state index contributed by atoms with van der Waals surface area (Å²) in [5.74, 6) is -0.149. The van der Waals surface area contributed by atoms with Gasteiger partial charge in [0.2, 0.25) is 0 Å². The average Bonchev–Trinajstić information content (AvgIpc) is 2.69. The molecule has 0 bridgehead atoms. The van der Waals surface area contributed by atoms with Crippen molar-refractivity contribution in [1.82, 2.24) is 15.2 Å². The highest BCUT2D eigenvalue weighted by molar-refractivity contribution is 5.96. The number of anilines is 1. The van der Waals surface area contributed by atoms with Crippen molar-refractivity contribution in [1.29, 1.82) is 0 Å². The van der Waals surface area contributed by atoms with E-state index in [9.17, 15) is 9.59 Å². The third kappa shape index (κ3) is 5.29. The molecule has 27 heavy (non-hydrogen) atoms. The lowest BCUT2D eigenvalue weighted by atomic mass is 10.0. The molecule has 1 atom stereocenters. The lowest BCUT2D eigenvalue weighted by Gasteiger charge is -2.29. The molecule has 0 radical (unpaired) electrons. The molecule has 0 saturated carbocycles. The van der Waals surface area contributed by atoms with Gasteiger partial charge in [-0.3, -0.25) is 9.78 Å². The highest BCUT2D eigenvalue weighted by atomic mass is 16.2. The number of aryl methyl sites for hydroxylation is 1. The molecule has 6 heteroatoms. The predicted octanol–water partition coefficient (Wildman–Crippen LogP) is 4.14. The van der Waals surface area contributed by atoms with Gasteiger partial charge in [-0.05, 0) is 48.7 Å². The zero-order chi connectivity index (χ0) is 19.8. The van der Waals surface area contributed by atoms with Gasteiger partial charge >= 0.3 is 6.03 Å². The van der Waals surface area contributed by atoms with Crippen molar-refractivity contribution >= 4 is 17.6 Å². The van der Waals surface area contributed by atoms with E-state index in [2.05, 4.69) is 22.5 Å². The Kier molecular flexibility index (Phi) is 7.34. The number of amides is 3. The number of rotatable bonds is 7. The minimum absolute atomic E-state index is 0.0379. The van der Waals surface area contributed by atoms with Crippen molar-refractivity contribution in [2.24, 2.45) is 0 Å². The number of hydrogen-bond donors (Lipinski definition) is 2. The van der Waals surface area contributed by atoms with Crippen molar-refractivity contribution in [2.45, 2.75) is 39.2 Å². The molecular weight excluding hydrogens is 340 g/mol. The number of nitrogens with one attached hydrogen (secondary N) is 2. The van der Waals surface area contributed by atoms with Crippen LogP contribution in [-0.4, -0.2) is 35.9 Å².